The normalized spacial score (nSPS) is 13.7. The van der Waals surface area contributed by atoms with E-state index in [-0.39, 0.29) is 24.3 Å². The van der Waals surface area contributed by atoms with E-state index in [0.717, 1.165) is 36.3 Å². The van der Waals surface area contributed by atoms with Crippen molar-refractivity contribution in [2.24, 2.45) is 5.92 Å². The van der Waals surface area contributed by atoms with Gasteiger partial charge in [0, 0.05) is 23.8 Å². The third-order valence-corrected chi connectivity index (χ3v) is 4.77. The molecule has 0 bridgehead atoms. The molecular weight excluding hydrogens is 340 g/mol. The zero-order valence-corrected chi connectivity index (χ0v) is 16.5. The van der Waals surface area contributed by atoms with E-state index in [1.54, 1.807) is 12.1 Å². The first kappa shape index (κ1) is 19.1. The van der Waals surface area contributed by atoms with E-state index in [2.05, 4.69) is 29.6 Å². The Kier molecular flexibility index (Phi) is 5.63. The van der Waals surface area contributed by atoms with Crippen LogP contribution in [0.2, 0.25) is 0 Å². The van der Waals surface area contributed by atoms with Gasteiger partial charge in [-0.3, -0.25) is 14.3 Å². The first-order chi connectivity index (χ1) is 12.8. The molecule has 1 aromatic carbocycles. The Morgan fingerprint density at radius 1 is 1.22 bits per heavy atom. The lowest BCUT2D eigenvalue weighted by atomic mass is 10.1. The van der Waals surface area contributed by atoms with Crippen LogP contribution in [0.3, 0.4) is 0 Å². The largest absolute Gasteiger partial charge is 0.349 e. The molecule has 6 heteroatoms. The summed E-state index contributed by atoms with van der Waals surface area (Å²) in [5.74, 6) is 0.212. The number of aryl methyl sites for hydroxylation is 1. The van der Waals surface area contributed by atoms with Gasteiger partial charge in [-0.15, -0.1) is 0 Å². The highest BCUT2D eigenvalue weighted by Gasteiger charge is 2.25. The number of hydrogen-bond donors (Lipinski definition) is 2. The highest BCUT2D eigenvalue weighted by Crippen LogP contribution is 2.22. The number of anilines is 1. The minimum Gasteiger partial charge on any atom is -0.349 e. The molecule has 1 heterocycles. The third kappa shape index (κ3) is 4.76. The van der Waals surface area contributed by atoms with Crippen molar-refractivity contribution in [3.63, 3.8) is 0 Å². The number of nitrogens with one attached hydrogen (secondary N) is 2. The molecule has 0 saturated heterocycles. The highest BCUT2D eigenvalue weighted by molar-refractivity contribution is 6.04. The molecule has 1 aliphatic carbocycles. The van der Waals surface area contributed by atoms with Crippen molar-refractivity contribution in [2.75, 3.05) is 5.32 Å². The number of benzene rings is 1. The van der Waals surface area contributed by atoms with E-state index in [9.17, 15) is 9.59 Å². The summed E-state index contributed by atoms with van der Waals surface area (Å²) in [5.41, 5.74) is 3.90. The summed E-state index contributed by atoms with van der Waals surface area (Å²) in [7, 11) is 0. The maximum Gasteiger partial charge on any atom is 0.253 e. The van der Waals surface area contributed by atoms with Crippen LogP contribution in [-0.4, -0.2) is 27.6 Å². The molecule has 27 heavy (non-hydrogen) atoms. The fraction of sp³-hybridized carbons (Fsp3) is 0.476. The number of rotatable bonds is 7. The van der Waals surface area contributed by atoms with Gasteiger partial charge in [-0.2, -0.15) is 5.10 Å². The maximum atomic E-state index is 12.6. The van der Waals surface area contributed by atoms with Gasteiger partial charge < -0.3 is 10.6 Å². The molecule has 2 amide bonds. The number of amides is 2. The SMILES string of the molecule is Cc1nn(CC(C)C)c(C)c1CC(=O)Nc1ccccc1C(=O)NC1CC1. The second-order valence-corrected chi connectivity index (χ2v) is 7.74. The van der Waals surface area contributed by atoms with Gasteiger partial charge in [-0.1, -0.05) is 26.0 Å². The average Bonchev–Trinajstić information content (AvgIpc) is 3.38. The Morgan fingerprint density at radius 2 is 1.93 bits per heavy atom. The van der Waals surface area contributed by atoms with Gasteiger partial charge in [0.1, 0.15) is 0 Å². The van der Waals surface area contributed by atoms with Crippen LogP contribution in [0.5, 0.6) is 0 Å². The average molecular weight is 368 g/mol. The van der Waals surface area contributed by atoms with Crippen molar-refractivity contribution in [3.8, 4) is 0 Å². The summed E-state index contributed by atoms with van der Waals surface area (Å²) < 4.78 is 1.97. The first-order valence-corrected chi connectivity index (χ1v) is 9.57. The lowest BCUT2D eigenvalue weighted by Crippen LogP contribution is -2.27. The van der Waals surface area contributed by atoms with Crippen LogP contribution in [0, 0.1) is 19.8 Å². The van der Waals surface area contributed by atoms with E-state index in [0.29, 0.717) is 17.2 Å². The van der Waals surface area contributed by atoms with Crippen LogP contribution < -0.4 is 10.6 Å². The van der Waals surface area contributed by atoms with Gasteiger partial charge in [0.05, 0.1) is 23.4 Å². The van der Waals surface area contributed by atoms with E-state index in [1.807, 2.05) is 30.7 Å². The van der Waals surface area contributed by atoms with Crippen molar-refractivity contribution in [1.82, 2.24) is 15.1 Å². The van der Waals surface area contributed by atoms with Crippen molar-refractivity contribution in [2.45, 2.75) is 59.5 Å². The standard InChI is InChI=1S/C21H28N4O2/c1-13(2)12-25-15(4)18(14(3)24-25)11-20(26)23-19-8-6-5-7-17(19)21(27)22-16-9-10-16/h5-8,13,16H,9-12H2,1-4H3,(H,22,27)(H,23,26). The van der Waals surface area contributed by atoms with Gasteiger partial charge in [0.2, 0.25) is 5.91 Å². The Morgan fingerprint density at radius 3 is 2.59 bits per heavy atom. The van der Waals surface area contributed by atoms with Crippen molar-refractivity contribution < 1.29 is 9.59 Å². The number of para-hydroxylation sites is 1. The van der Waals surface area contributed by atoms with Crippen LogP contribution >= 0.6 is 0 Å². The Balaban J connectivity index is 1.71. The molecule has 0 radical (unpaired) electrons. The van der Waals surface area contributed by atoms with E-state index in [1.165, 1.54) is 0 Å². The summed E-state index contributed by atoms with van der Waals surface area (Å²) in [4.78, 5) is 25.0. The van der Waals surface area contributed by atoms with Gasteiger partial charge in [-0.25, -0.2) is 0 Å². The van der Waals surface area contributed by atoms with Gasteiger partial charge in [-0.05, 0) is 44.7 Å². The fourth-order valence-electron chi connectivity index (χ4n) is 3.15. The lowest BCUT2D eigenvalue weighted by Gasteiger charge is -2.11. The summed E-state index contributed by atoms with van der Waals surface area (Å²) in [6.45, 7) is 9.06. The molecule has 0 spiro atoms. The highest BCUT2D eigenvalue weighted by atomic mass is 16.2. The van der Waals surface area contributed by atoms with Crippen molar-refractivity contribution in [3.05, 3.63) is 46.8 Å². The molecular formula is C21H28N4O2. The molecule has 0 aliphatic heterocycles. The predicted molar refractivity (Wildman–Crippen MR) is 106 cm³/mol. The molecule has 1 fully saturated rings. The van der Waals surface area contributed by atoms with Crippen LogP contribution in [0.15, 0.2) is 24.3 Å². The predicted octanol–water partition coefficient (Wildman–Crippen LogP) is 3.23. The smallest absolute Gasteiger partial charge is 0.253 e. The summed E-state index contributed by atoms with van der Waals surface area (Å²) in [6, 6.07) is 7.41. The Bertz CT molecular complexity index is 850. The van der Waals surface area contributed by atoms with E-state index in [4.69, 9.17) is 0 Å². The molecule has 6 nitrogen and oxygen atoms in total. The van der Waals surface area contributed by atoms with Gasteiger partial charge in [0.25, 0.3) is 5.91 Å². The topological polar surface area (TPSA) is 76.0 Å². The summed E-state index contributed by atoms with van der Waals surface area (Å²) in [6.07, 6.45) is 2.30. The summed E-state index contributed by atoms with van der Waals surface area (Å²) >= 11 is 0. The van der Waals surface area contributed by atoms with Crippen molar-refractivity contribution >= 4 is 17.5 Å². The first-order valence-electron chi connectivity index (χ1n) is 9.57. The quantitative estimate of drug-likeness (QED) is 0.788. The Hall–Kier alpha value is -2.63. The van der Waals surface area contributed by atoms with Gasteiger partial charge in [0.15, 0.2) is 0 Å². The second kappa shape index (κ2) is 7.94. The number of carbonyl (C=O) groups excluding carboxylic acids is 2. The van der Waals surface area contributed by atoms with E-state index >= 15 is 0 Å². The molecule has 144 valence electrons. The van der Waals surface area contributed by atoms with Crippen molar-refractivity contribution in [1.29, 1.82) is 0 Å². The molecule has 2 aromatic rings. The maximum absolute atomic E-state index is 12.6. The molecule has 0 atom stereocenters. The number of nitrogens with zero attached hydrogens (tertiary/aromatic N) is 2. The minimum absolute atomic E-state index is 0.134. The fourth-order valence-corrected chi connectivity index (χ4v) is 3.15. The Labute approximate surface area is 160 Å². The van der Waals surface area contributed by atoms with E-state index < -0.39 is 0 Å². The van der Waals surface area contributed by atoms with Crippen LogP contribution in [0.4, 0.5) is 5.69 Å². The zero-order chi connectivity index (χ0) is 19.6. The second-order valence-electron chi connectivity index (χ2n) is 7.74. The molecule has 1 saturated carbocycles. The lowest BCUT2D eigenvalue weighted by molar-refractivity contribution is -0.115. The molecule has 1 aromatic heterocycles. The molecule has 2 N–H and O–H groups in total. The summed E-state index contributed by atoms with van der Waals surface area (Å²) in [5, 5.41) is 10.4. The molecule has 3 rings (SSSR count). The number of aromatic nitrogens is 2. The molecule has 1 aliphatic rings. The van der Waals surface area contributed by atoms with Gasteiger partial charge >= 0.3 is 0 Å². The number of hydrogen-bond acceptors (Lipinski definition) is 3. The van der Waals surface area contributed by atoms with Crippen LogP contribution in [-0.2, 0) is 17.8 Å². The third-order valence-electron chi connectivity index (χ3n) is 4.77. The van der Waals surface area contributed by atoms with Crippen LogP contribution in [0.1, 0.15) is 54.0 Å². The zero-order valence-electron chi connectivity index (χ0n) is 16.5. The minimum atomic E-state index is -0.142. The molecule has 0 unspecified atom stereocenters. The monoisotopic (exact) mass is 368 g/mol. The number of carbonyl (C=O) groups is 2. The van der Waals surface area contributed by atoms with Crippen LogP contribution in [0.25, 0.3) is 0 Å².